The molecule has 1 aliphatic carbocycles. The predicted octanol–water partition coefficient (Wildman–Crippen LogP) is 3.28. The average molecular weight is 166 g/mol. The molecule has 12 heavy (non-hydrogen) atoms. The lowest BCUT2D eigenvalue weighted by Crippen LogP contribution is -2.20. The lowest BCUT2D eigenvalue weighted by Gasteiger charge is -2.32. The standard InChI is InChI=1S/C11H18O/c1-5-11(3)8-6-7-10(12-4)9(11)2/h6-7H,5,8H2,1-4H3. The van der Waals surface area contributed by atoms with E-state index in [2.05, 4.69) is 32.9 Å². The molecule has 0 spiro atoms. The SMILES string of the molecule is CCC1(C)CC=CC(OC)=C1C. The summed E-state index contributed by atoms with van der Waals surface area (Å²) in [7, 11) is 1.74. The molecule has 1 nitrogen and oxygen atoms in total. The molecule has 0 fully saturated rings. The number of hydrogen-bond acceptors (Lipinski definition) is 1. The molecule has 1 aliphatic rings. The Labute approximate surface area is 75.1 Å². The first-order valence-electron chi connectivity index (χ1n) is 4.56. The van der Waals surface area contributed by atoms with Gasteiger partial charge in [0.1, 0.15) is 5.76 Å². The van der Waals surface area contributed by atoms with Crippen molar-refractivity contribution in [3.8, 4) is 0 Å². The Bertz CT molecular complexity index is 225. The predicted molar refractivity (Wildman–Crippen MR) is 51.9 cm³/mol. The van der Waals surface area contributed by atoms with E-state index in [9.17, 15) is 0 Å². The average Bonchev–Trinajstić information content (AvgIpc) is 2.10. The Morgan fingerprint density at radius 3 is 2.75 bits per heavy atom. The topological polar surface area (TPSA) is 9.23 Å². The van der Waals surface area contributed by atoms with Crippen molar-refractivity contribution in [3.05, 3.63) is 23.5 Å². The Kier molecular flexibility index (Phi) is 2.61. The summed E-state index contributed by atoms with van der Waals surface area (Å²) in [5.41, 5.74) is 1.70. The van der Waals surface area contributed by atoms with Gasteiger partial charge in [0.05, 0.1) is 7.11 Å². The number of rotatable bonds is 2. The summed E-state index contributed by atoms with van der Waals surface area (Å²) >= 11 is 0. The Hall–Kier alpha value is -0.720. The highest BCUT2D eigenvalue weighted by atomic mass is 16.5. The van der Waals surface area contributed by atoms with Crippen LogP contribution >= 0.6 is 0 Å². The van der Waals surface area contributed by atoms with Gasteiger partial charge in [-0.15, -0.1) is 0 Å². The van der Waals surface area contributed by atoms with Crippen LogP contribution in [0.2, 0.25) is 0 Å². The molecular formula is C11H18O. The lowest BCUT2D eigenvalue weighted by molar-refractivity contribution is 0.271. The van der Waals surface area contributed by atoms with Gasteiger partial charge >= 0.3 is 0 Å². The van der Waals surface area contributed by atoms with Crippen LogP contribution in [-0.2, 0) is 4.74 Å². The van der Waals surface area contributed by atoms with Crippen molar-refractivity contribution < 1.29 is 4.74 Å². The van der Waals surface area contributed by atoms with Crippen LogP contribution in [0.3, 0.4) is 0 Å². The van der Waals surface area contributed by atoms with E-state index in [1.165, 1.54) is 12.0 Å². The molecule has 0 aromatic heterocycles. The molecule has 0 aromatic rings. The number of hydrogen-bond donors (Lipinski definition) is 0. The first-order valence-corrected chi connectivity index (χ1v) is 4.56. The van der Waals surface area contributed by atoms with Crippen LogP contribution in [0.15, 0.2) is 23.5 Å². The van der Waals surface area contributed by atoms with Crippen molar-refractivity contribution >= 4 is 0 Å². The fourth-order valence-electron chi connectivity index (χ4n) is 1.63. The zero-order chi connectivity index (χ0) is 9.19. The molecule has 0 amide bonds. The minimum atomic E-state index is 0.320. The van der Waals surface area contributed by atoms with Crippen LogP contribution < -0.4 is 0 Å². The molecule has 0 aromatic carbocycles. The third kappa shape index (κ3) is 1.40. The zero-order valence-corrected chi connectivity index (χ0v) is 8.48. The molecule has 0 heterocycles. The highest BCUT2D eigenvalue weighted by molar-refractivity contribution is 5.29. The van der Waals surface area contributed by atoms with Gasteiger partial charge in [-0.25, -0.2) is 0 Å². The molecule has 1 unspecified atom stereocenters. The second kappa shape index (κ2) is 3.34. The van der Waals surface area contributed by atoms with E-state index in [-0.39, 0.29) is 0 Å². The van der Waals surface area contributed by atoms with E-state index < -0.39 is 0 Å². The third-order valence-electron chi connectivity index (χ3n) is 3.11. The first-order chi connectivity index (χ1) is 5.64. The zero-order valence-electron chi connectivity index (χ0n) is 8.48. The van der Waals surface area contributed by atoms with Crippen molar-refractivity contribution in [2.24, 2.45) is 5.41 Å². The van der Waals surface area contributed by atoms with E-state index in [1.807, 2.05) is 0 Å². The minimum Gasteiger partial charge on any atom is -0.497 e. The fourth-order valence-corrected chi connectivity index (χ4v) is 1.63. The van der Waals surface area contributed by atoms with Crippen LogP contribution in [0, 0.1) is 5.41 Å². The molecular weight excluding hydrogens is 148 g/mol. The molecule has 1 rings (SSSR count). The third-order valence-corrected chi connectivity index (χ3v) is 3.11. The summed E-state index contributed by atoms with van der Waals surface area (Å²) in [5.74, 6) is 1.05. The molecule has 68 valence electrons. The van der Waals surface area contributed by atoms with Crippen molar-refractivity contribution in [1.29, 1.82) is 0 Å². The Balaban J connectivity index is 2.98. The number of methoxy groups -OCH3 is 1. The van der Waals surface area contributed by atoms with Crippen molar-refractivity contribution in [2.75, 3.05) is 7.11 Å². The highest BCUT2D eigenvalue weighted by Crippen LogP contribution is 2.39. The van der Waals surface area contributed by atoms with Gasteiger partial charge in [0, 0.05) is 0 Å². The maximum absolute atomic E-state index is 5.29. The quantitative estimate of drug-likeness (QED) is 0.611. The van der Waals surface area contributed by atoms with Gasteiger partial charge in [-0.1, -0.05) is 19.9 Å². The summed E-state index contributed by atoms with van der Waals surface area (Å²) in [6.45, 7) is 6.70. The van der Waals surface area contributed by atoms with Crippen molar-refractivity contribution in [2.45, 2.75) is 33.6 Å². The number of ether oxygens (including phenoxy) is 1. The smallest absolute Gasteiger partial charge is 0.118 e. The molecule has 1 heteroatoms. The summed E-state index contributed by atoms with van der Waals surface area (Å²) in [6, 6.07) is 0. The van der Waals surface area contributed by atoms with Crippen LogP contribution in [0.5, 0.6) is 0 Å². The normalized spacial score (nSPS) is 29.3. The van der Waals surface area contributed by atoms with Gasteiger partial charge in [0.2, 0.25) is 0 Å². The van der Waals surface area contributed by atoms with Gasteiger partial charge in [-0.05, 0) is 36.8 Å². The van der Waals surface area contributed by atoms with Crippen LogP contribution in [0.4, 0.5) is 0 Å². The molecule has 0 N–H and O–H groups in total. The van der Waals surface area contributed by atoms with E-state index in [1.54, 1.807) is 7.11 Å². The van der Waals surface area contributed by atoms with Crippen LogP contribution in [0.25, 0.3) is 0 Å². The first kappa shape index (κ1) is 9.37. The van der Waals surface area contributed by atoms with Gasteiger partial charge in [-0.2, -0.15) is 0 Å². The summed E-state index contributed by atoms with van der Waals surface area (Å²) in [6.07, 6.45) is 6.60. The lowest BCUT2D eigenvalue weighted by atomic mass is 9.74. The summed E-state index contributed by atoms with van der Waals surface area (Å²) < 4.78 is 5.29. The van der Waals surface area contributed by atoms with Crippen LogP contribution in [-0.4, -0.2) is 7.11 Å². The summed E-state index contributed by atoms with van der Waals surface area (Å²) in [5, 5.41) is 0. The molecule has 0 saturated heterocycles. The minimum absolute atomic E-state index is 0.320. The second-order valence-corrected chi connectivity index (χ2v) is 3.71. The van der Waals surface area contributed by atoms with Crippen LogP contribution in [0.1, 0.15) is 33.6 Å². The van der Waals surface area contributed by atoms with E-state index in [0.717, 1.165) is 12.2 Å². The molecule has 0 aliphatic heterocycles. The van der Waals surface area contributed by atoms with Gasteiger partial charge in [0.15, 0.2) is 0 Å². The molecule has 0 radical (unpaired) electrons. The van der Waals surface area contributed by atoms with Crippen molar-refractivity contribution in [3.63, 3.8) is 0 Å². The molecule has 1 atom stereocenters. The van der Waals surface area contributed by atoms with E-state index >= 15 is 0 Å². The molecule has 0 bridgehead atoms. The maximum Gasteiger partial charge on any atom is 0.118 e. The largest absolute Gasteiger partial charge is 0.497 e. The summed E-state index contributed by atoms with van der Waals surface area (Å²) in [4.78, 5) is 0. The molecule has 0 saturated carbocycles. The fraction of sp³-hybridized carbons (Fsp3) is 0.636. The van der Waals surface area contributed by atoms with Gasteiger partial charge in [0.25, 0.3) is 0 Å². The second-order valence-electron chi connectivity index (χ2n) is 3.71. The monoisotopic (exact) mass is 166 g/mol. The van der Waals surface area contributed by atoms with Crippen molar-refractivity contribution in [1.82, 2.24) is 0 Å². The Morgan fingerprint density at radius 1 is 1.58 bits per heavy atom. The highest BCUT2D eigenvalue weighted by Gasteiger charge is 2.27. The maximum atomic E-state index is 5.29. The van der Waals surface area contributed by atoms with E-state index in [0.29, 0.717) is 5.41 Å². The number of allylic oxidation sites excluding steroid dienone is 3. The van der Waals surface area contributed by atoms with E-state index in [4.69, 9.17) is 4.74 Å². The van der Waals surface area contributed by atoms with Gasteiger partial charge in [-0.3, -0.25) is 0 Å². The Morgan fingerprint density at radius 2 is 2.25 bits per heavy atom. The van der Waals surface area contributed by atoms with Gasteiger partial charge < -0.3 is 4.74 Å².